The van der Waals surface area contributed by atoms with E-state index >= 15 is 0 Å². The number of hydrogen-bond acceptors (Lipinski definition) is 5. The Labute approximate surface area is 87.1 Å². The minimum absolute atomic E-state index is 0.0588. The first-order chi connectivity index (χ1) is 7.16. The molecule has 80 valence electrons. The Balaban J connectivity index is 2.20. The predicted octanol–water partition coefficient (Wildman–Crippen LogP) is 0.643. The Bertz CT molecular complexity index is 445. The number of rotatable bonds is 3. The van der Waals surface area contributed by atoms with E-state index in [0.29, 0.717) is 18.3 Å². The first-order valence-electron chi connectivity index (χ1n) is 4.71. The monoisotopic (exact) mass is 207 g/mol. The van der Waals surface area contributed by atoms with Gasteiger partial charge in [0.2, 0.25) is 5.89 Å². The Hall–Kier alpha value is -1.69. The molecule has 2 rings (SSSR count). The molecule has 2 heterocycles. The lowest BCUT2D eigenvalue weighted by Crippen LogP contribution is -2.12. The highest BCUT2D eigenvalue weighted by Crippen LogP contribution is 2.10. The highest BCUT2D eigenvalue weighted by atomic mass is 16.5. The Kier molecular flexibility index (Phi) is 2.51. The molecule has 0 bridgehead atoms. The third kappa shape index (κ3) is 2.04. The van der Waals surface area contributed by atoms with Crippen molar-refractivity contribution in [3.8, 4) is 0 Å². The maximum atomic E-state index is 5.79. The van der Waals surface area contributed by atoms with Crippen LogP contribution in [0.15, 0.2) is 17.0 Å². The van der Waals surface area contributed by atoms with E-state index < -0.39 is 0 Å². The summed E-state index contributed by atoms with van der Waals surface area (Å²) in [5.41, 5.74) is 6.74. The average Bonchev–Trinajstić information content (AvgIpc) is 2.75. The van der Waals surface area contributed by atoms with E-state index in [1.807, 2.05) is 11.5 Å². The van der Waals surface area contributed by atoms with Gasteiger partial charge in [0.25, 0.3) is 0 Å². The van der Waals surface area contributed by atoms with Crippen molar-refractivity contribution in [2.75, 3.05) is 0 Å². The van der Waals surface area contributed by atoms with Crippen molar-refractivity contribution in [3.63, 3.8) is 0 Å². The van der Waals surface area contributed by atoms with Crippen molar-refractivity contribution in [1.82, 2.24) is 19.7 Å². The molecule has 2 N–H and O–H groups in total. The molecule has 2 aromatic heterocycles. The van der Waals surface area contributed by atoms with Crippen LogP contribution in [0.5, 0.6) is 0 Å². The third-order valence-corrected chi connectivity index (χ3v) is 2.09. The molecule has 0 aliphatic rings. The van der Waals surface area contributed by atoms with Gasteiger partial charge in [0.05, 0.1) is 12.0 Å². The molecule has 0 fully saturated rings. The highest BCUT2D eigenvalue weighted by Gasteiger charge is 2.09. The maximum Gasteiger partial charge on any atom is 0.246 e. The lowest BCUT2D eigenvalue weighted by molar-refractivity contribution is 0.365. The van der Waals surface area contributed by atoms with Gasteiger partial charge in [0, 0.05) is 12.2 Å². The van der Waals surface area contributed by atoms with E-state index in [1.165, 1.54) is 0 Å². The summed E-state index contributed by atoms with van der Waals surface area (Å²) in [7, 11) is 0. The van der Waals surface area contributed by atoms with Crippen molar-refractivity contribution in [2.45, 2.75) is 26.4 Å². The number of imidazole rings is 1. The summed E-state index contributed by atoms with van der Waals surface area (Å²) < 4.78 is 6.92. The van der Waals surface area contributed by atoms with E-state index in [9.17, 15) is 0 Å². The zero-order chi connectivity index (χ0) is 10.8. The fourth-order valence-corrected chi connectivity index (χ4v) is 1.39. The van der Waals surface area contributed by atoms with Crippen molar-refractivity contribution in [3.05, 3.63) is 29.9 Å². The van der Waals surface area contributed by atoms with E-state index in [4.69, 9.17) is 10.3 Å². The molecule has 6 nitrogen and oxygen atoms in total. The first-order valence-corrected chi connectivity index (χ1v) is 4.71. The van der Waals surface area contributed by atoms with E-state index in [2.05, 4.69) is 15.1 Å². The lowest BCUT2D eigenvalue weighted by Gasteiger charge is -2.07. The van der Waals surface area contributed by atoms with Crippen LogP contribution in [-0.2, 0) is 6.54 Å². The van der Waals surface area contributed by atoms with Crippen LogP contribution in [0.3, 0.4) is 0 Å². The Morgan fingerprint density at radius 2 is 2.40 bits per heavy atom. The molecular weight excluding hydrogens is 194 g/mol. The van der Waals surface area contributed by atoms with Gasteiger partial charge in [0.15, 0.2) is 5.82 Å². The summed E-state index contributed by atoms with van der Waals surface area (Å²) in [6.45, 7) is 4.21. The van der Waals surface area contributed by atoms with Gasteiger partial charge in [-0.3, -0.25) is 0 Å². The van der Waals surface area contributed by atoms with Gasteiger partial charge in [-0.2, -0.15) is 4.98 Å². The van der Waals surface area contributed by atoms with Crippen LogP contribution in [-0.4, -0.2) is 19.7 Å². The molecule has 15 heavy (non-hydrogen) atoms. The van der Waals surface area contributed by atoms with Gasteiger partial charge in [-0.1, -0.05) is 5.16 Å². The van der Waals surface area contributed by atoms with Gasteiger partial charge in [-0.25, -0.2) is 4.98 Å². The number of hydrogen-bond donors (Lipinski definition) is 1. The molecule has 0 spiro atoms. The van der Waals surface area contributed by atoms with Gasteiger partial charge in [-0.15, -0.1) is 0 Å². The molecule has 0 aliphatic carbocycles. The Morgan fingerprint density at radius 1 is 1.60 bits per heavy atom. The van der Waals surface area contributed by atoms with Crippen LogP contribution in [0.1, 0.15) is 30.4 Å². The van der Waals surface area contributed by atoms with Crippen LogP contribution < -0.4 is 5.73 Å². The summed E-state index contributed by atoms with van der Waals surface area (Å²) in [5.74, 6) is 1.19. The van der Waals surface area contributed by atoms with Crippen LogP contribution in [0.2, 0.25) is 0 Å². The van der Waals surface area contributed by atoms with Crippen LogP contribution in [0.25, 0.3) is 0 Å². The summed E-state index contributed by atoms with van der Waals surface area (Å²) >= 11 is 0. The number of aryl methyl sites for hydroxylation is 1. The molecule has 0 saturated heterocycles. The van der Waals surface area contributed by atoms with Gasteiger partial charge >= 0.3 is 0 Å². The molecule has 0 aromatic carbocycles. The summed E-state index contributed by atoms with van der Waals surface area (Å²) in [5, 5.41) is 3.72. The zero-order valence-electron chi connectivity index (χ0n) is 8.71. The largest absolute Gasteiger partial charge is 0.337 e. The second-order valence-corrected chi connectivity index (χ2v) is 3.47. The first kappa shape index (κ1) is 9.85. The minimum Gasteiger partial charge on any atom is -0.337 e. The molecular formula is C9H13N5O. The zero-order valence-corrected chi connectivity index (χ0v) is 8.71. The summed E-state index contributed by atoms with van der Waals surface area (Å²) in [4.78, 5) is 8.16. The molecule has 0 aliphatic heterocycles. The molecule has 1 atom stereocenters. The quantitative estimate of drug-likeness (QED) is 0.798. The average molecular weight is 207 g/mol. The van der Waals surface area contributed by atoms with E-state index in [1.54, 1.807) is 19.4 Å². The minimum atomic E-state index is -0.0588. The van der Waals surface area contributed by atoms with Crippen molar-refractivity contribution < 1.29 is 4.52 Å². The topological polar surface area (TPSA) is 82.8 Å². The molecule has 0 radical (unpaired) electrons. The summed E-state index contributed by atoms with van der Waals surface area (Å²) in [6.07, 6.45) is 3.45. The van der Waals surface area contributed by atoms with Crippen LogP contribution in [0, 0.1) is 6.92 Å². The molecule has 0 saturated carbocycles. The van der Waals surface area contributed by atoms with Crippen molar-refractivity contribution >= 4 is 0 Å². The van der Waals surface area contributed by atoms with Gasteiger partial charge < -0.3 is 14.8 Å². The predicted molar refractivity (Wildman–Crippen MR) is 53.0 cm³/mol. The fraction of sp³-hybridized carbons (Fsp3) is 0.444. The summed E-state index contributed by atoms with van der Waals surface area (Å²) in [6, 6.07) is -0.0588. The molecule has 2 aromatic rings. The smallest absolute Gasteiger partial charge is 0.246 e. The second kappa shape index (κ2) is 3.82. The SMILES string of the molecule is Cc1noc(Cn2cncc2[C@@H](C)N)n1. The molecule has 0 unspecified atom stereocenters. The van der Waals surface area contributed by atoms with Crippen LogP contribution in [0.4, 0.5) is 0 Å². The van der Waals surface area contributed by atoms with Crippen molar-refractivity contribution in [1.29, 1.82) is 0 Å². The fourth-order valence-electron chi connectivity index (χ4n) is 1.39. The lowest BCUT2D eigenvalue weighted by atomic mass is 10.3. The number of aromatic nitrogens is 4. The van der Waals surface area contributed by atoms with Crippen LogP contribution >= 0.6 is 0 Å². The number of nitrogens with two attached hydrogens (primary N) is 1. The van der Waals surface area contributed by atoms with Gasteiger partial charge in [0.1, 0.15) is 6.54 Å². The van der Waals surface area contributed by atoms with Gasteiger partial charge in [-0.05, 0) is 13.8 Å². The highest BCUT2D eigenvalue weighted by molar-refractivity contribution is 5.04. The second-order valence-electron chi connectivity index (χ2n) is 3.47. The molecule has 6 heteroatoms. The maximum absolute atomic E-state index is 5.79. The number of nitrogens with zero attached hydrogens (tertiary/aromatic N) is 4. The van der Waals surface area contributed by atoms with E-state index in [-0.39, 0.29) is 6.04 Å². The standard InChI is InChI=1S/C9H13N5O/c1-6(10)8-3-11-5-14(8)4-9-12-7(2)13-15-9/h3,5-6H,4,10H2,1-2H3/t6-/m1/s1. The van der Waals surface area contributed by atoms with Crippen molar-refractivity contribution in [2.24, 2.45) is 5.73 Å². The van der Waals surface area contributed by atoms with E-state index in [0.717, 1.165) is 5.69 Å². The Morgan fingerprint density at radius 3 is 3.00 bits per heavy atom. The third-order valence-electron chi connectivity index (χ3n) is 2.09. The normalized spacial score (nSPS) is 13.0. The molecule has 0 amide bonds.